The Bertz CT molecular complexity index is 1250. The van der Waals surface area contributed by atoms with Gasteiger partial charge in [0.05, 0.1) is 22.0 Å². The lowest BCUT2D eigenvalue weighted by atomic mass is 10.0. The summed E-state index contributed by atoms with van der Waals surface area (Å²) in [5.41, 5.74) is 7.27. The van der Waals surface area contributed by atoms with E-state index in [0.29, 0.717) is 29.4 Å². The van der Waals surface area contributed by atoms with Crippen LogP contribution in [0.3, 0.4) is 0 Å². The van der Waals surface area contributed by atoms with E-state index in [2.05, 4.69) is 20.0 Å². The van der Waals surface area contributed by atoms with Gasteiger partial charge < -0.3 is 5.73 Å². The molecule has 4 rings (SSSR count). The standard InChI is InChI=1S/C23H25N5O3S/c24-23(25-16-9-3-1-4-10-16)27-22(29)19-15-21(26-20-14-8-7-13-18(19)20)28-32(30,31)17-11-5-2-6-12-17/h1,3-4,7-10,13-15,17H,2,5-6,11-12H2,(H,26,28)(H3,24,25,27,29). The molecule has 1 aliphatic rings. The Hall–Kier alpha value is -3.46. The van der Waals surface area contributed by atoms with E-state index in [1.165, 1.54) is 6.07 Å². The van der Waals surface area contributed by atoms with Crippen LogP contribution in [-0.2, 0) is 10.0 Å². The summed E-state index contributed by atoms with van der Waals surface area (Å²) in [5, 5.41) is 2.71. The maximum Gasteiger partial charge on any atom is 0.258 e. The molecule has 0 radical (unpaired) electrons. The van der Waals surface area contributed by atoms with Crippen LogP contribution < -0.4 is 15.8 Å². The van der Waals surface area contributed by atoms with Crippen LogP contribution >= 0.6 is 0 Å². The summed E-state index contributed by atoms with van der Waals surface area (Å²) >= 11 is 0. The highest BCUT2D eigenvalue weighted by Gasteiger charge is 2.28. The molecule has 0 atom stereocenters. The van der Waals surface area contributed by atoms with Crippen LogP contribution in [0, 0.1) is 0 Å². The zero-order valence-corrected chi connectivity index (χ0v) is 18.3. The minimum atomic E-state index is -3.60. The number of hydrogen-bond donors (Lipinski definition) is 3. The number of sulfonamides is 1. The van der Waals surface area contributed by atoms with Crippen LogP contribution in [0.4, 0.5) is 11.5 Å². The molecule has 8 nitrogen and oxygen atoms in total. The van der Waals surface area contributed by atoms with Gasteiger partial charge in [-0.1, -0.05) is 55.7 Å². The molecule has 1 aliphatic carbocycles. The third-order valence-corrected chi connectivity index (χ3v) is 7.29. The van der Waals surface area contributed by atoms with E-state index in [-0.39, 0.29) is 17.3 Å². The molecule has 1 saturated carbocycles. The maximum atomic E-state index is 13.0. The summed E-state index contributed by atoms with van der Waals surface area (Å²) in [6.07, 6.45) is 4.09. The lowest BCUT2D eigenvalue weighted by Crippen LogP contribution is -2.36. The first kappa shape index (κ1) is 21.8. The highest BCUT2D eigenvalue weighted by Crippen LogP contribution is 2.27. The van der Waals surface area contributed by atoms with Gasteiger partial charge in [-0.05, 0) is 37.1 Å². The molecule has 1 aromatic heterocycles. The Morgan fingerprint density at radius 2 is 1.69 bits per heavy atom. The molecule has 166 valence electrons. The summed E-state index contributed by atoms with van der Waals surface area (Å²) in [7, 11) is -3.60. The van der Waals surface area contributed by atoms with Crippen molar-refractivity contribution >= 4 is 44.3 Å². The fraction of sp³-hybridized carbons (Fsp3) is 0.261. The second-order valence-electron chi connectivity index (χ2n) is 7.77. The number of aromatic nitrogens is 1. The Morgan fingerprint density at radius 3 is 2.44 bits per heavy atom. The zero-order valence-electron chi connectivity index (χ0n) is 17.5. The summed E-state index contributed by atoms with van der Waals surface area (Å²) in [4.78, 5) is 21.6. The van der Waals surface area contributed by atoms with Gasteiger partial charge >= 0.3 is 0 Å². The SMILES string of the molecule is NC(=Nc1ccccc1)NC(=O)c1cc(NS(=O)(=O)C2CCCCC2)nc2ccccc12. The van der Waals surface area contributed by atoms with E-state index >= 15 is 0 Å². The van der Waals surface area contributed by atoms with E-state index < -0.39 is 21.2 Å². The van der Waals surface area contributed by atoms with Crippen molar-refractivity contribution in [3.05, 3.63) is 66.2 Å². The molecule has 2 aromatic carbocycles. The number of nitrogens with two attached hydrogens (primary N) is 1. The topological polar surface area (TPSA) is 127 Å². The molecule has 3 aromatic rings. The number of amides is 1. The number of pyridine rings is 1. The summed E-state index contributed by atoms with van der Waals surface area (Å²) in [6, 6.07) is 17.5. The van der Waals surface area contributed by atoms with Crippen molar-refractivity contribution in [1.29, 1.82) is 0 Å². The van der Waals surface area contributed by atoms with Crippen molar-refractivity contribution in [2.45, 2.75) is 37.4 Å². The Kier molecular flexibility index (Phi) is 6.36. The predicted octanol–water partition coefficient (Wildman–Crippen LogP) is 3.69. The van der Waals surface area contributed by atoms with Crippen molar-refractivity contribution in [1.82, 2.24) is 10.3 Å². The van der Waals surface area contributed by atoms with Crippen LogP contribution in [-0.4, -0.2) is 30.5 Å². The molecule has 1 amide bonds. The van der Waals surface area contributed by atoms with Gasteiger partial charge in [-0.3, -0.25) is 14.8 Å². The quantitative estimate of drug-likeness (QED) is 0.403. The Labute approximate surface area is 187 Å². The van der Waals surface area contributed by atoms with E-state index in [1.54, 1.807) is 36.4 Å². The first-order chi connectivity index (χ1) is 15.4. The Balaban J connectivity index is 1.63. The molecule has 1 heterocycles. The van der Waals surface area contributed by atoms with Crippen LogP contribution in [0.2, 0.25) is 0 Å². The van der Waals surface area contributed by atoms with Crippen molar-refractivity contribution < 1.29 is 13.2 Å². The molecular weight excluding hydrogens is 426 g/mol. The van der Waals surface area contributed by atoms with E-state index in [4.69, 9.17) is 5.73 Å². The molecule has 0 saturated heterocycles. The van der Waals surface area contributed by atoms with Gasteiger partial charge in [-0.2, -0.15) is 0 Å². The molecule has 32 heavy (non-hydrogen) atoms. The van der Waals surface area contributed by atoms with Crippen molar-refractivity contribution in [3.63, 3.8) is 0 Å². The van der Waals surface area contributed by atoms with Gasteiger partial charge in [0.15, 0.2) is 0 Å². The molecule has 0 unspecified atom stereocenters. The second-order valence-corrected chi connectivity index (χ2v) is 9.73. The molecule has 1 fully saturated rings. The molecule has 4 N–H and O–H groups in total. The third-order valence-electron chi connectivity index (χ3n) is 5.45. The highest BCUT2D eigenvalue weighted by molar-refractivity contribution is 7.93. The smallest absolute Gasteiger partial charge is 0.258 e. The lowest BCUT2D eigenvalue weighted by molar-refractivity contribution is 0.0978. The van der Waals surface area contributed by atoms with E-state index in [1.807, 2.05) is 18.2 Å². The summed E-state index contributed by atoms with van der Waals surface area (Å²) in [5.74, 6) is -0.455. The van der Waals surface area contributed by atoms with Crippen LogP contribution in [0.25, 0.3) is 10.9 Å². The average Bonchev–Trinajstić information content (AvgIpc) is 2.79. The molecule has 0 aliphatic heterocycles. The number of rotatable bonds is 5. The number of anilines is 1. The number of para-hydroxylation sites is 2. The number of nitrogens with one attached hydrogen (secondary N) is 2. The van der Waals surface area contributed by atoms with Crippen LogP contribution in [0.5, 0.6) is 0 Å². The average molecular weight is 452 g/mol. The molecule has 0 spiro atoms. The minimum Gasteiger partial charge on any atom is -0.369 e. The normalized spacial score (nSPS) is 15.4. The van der Waals surface area contributed by atoms with Gasteiger partial charge in [0.2, 0.25) is 16.0 Å². The largest absolute Gasteiger partial charge is 0.369 e. The highest BCUT2D eigenvalue weighted by atomic mass is 32.2. The van der Waals surface area contributed by atoms with Crippen molar-refractivity contribution in [2.24, 2.45) is 10.7 Å². The number of hydrogen-bond acceptors (Lipinski definition) is 5. The van der Waals surface area contributed by atoms with Gasteiger partial charge in [-0.15, -0.1) is 0 Å². The predicted molar refractivity (Wildman–Crippen MR) is 126 cm³/mol. The number of guanidine groups is 1. The first-order valence-electron chi connectivity index (χ1n) is 10.5. The third kappa shape index (κ3) is 5.05. The van der Waals surface area contributed by atoms with Crippen molar-refractivity contribution in [3.8, 4) is 0 Å². The zero-order chi connectivity index (χ0) is 22.6. The maximum absolute atomic E-state index is 13.0. The van der Waals surface area contributed by atoms with Crippen LogP contribution in [0.1, 0.15) is 42.5 Å². The summed E-state index contributed by atoms with van der Waals surface area (Å²) < 4.78 is 28.3. The van der Waals surface area contributed by atoms with E-state index in [0.717, 1.165) is 19.3 Å². The van der Waals surface area contributed by atoms with Gasteiger partial charge in [0.1, 0.15) is 5.82 Å². The summed E-state index contributed by atoms with van der Waals surface area (Å²) in [6.45, 7) is 0. The monoisotopic (exact) mass is 451 g/mol. The number of nitrogens with zero attached hydrogens (tertiary/aromatic N) is 2. The molecular formula is C23H25N5O3S. The number of carbonyl (C=O) groups excluding carboxylic acids is 1. The molecule has 0 bridgehead atoms. The number of benzene rings is 2. The van der Waals surface area contributed by atoms with Gasteiger partial charge in [0.25, 0.3) is 5.91 Å². The molecule has 9 heteroatoms. The fourth-order valence-corrected chi connectivity index (χ4v) is 5.39. The van der Waals surface area contributed by atoms with E-state index in [9.17, 15) is 13.2 Å². The van der Waals surface area contributed by atoms with Crippen LogP contribution in [0.15, 0.2) is 65.7 Å². The Morgan fingerprint density at radius 1 is 1.00 bits per heavy atom. The minimum absolute atomic E-state index is 0.0635. The number of aliphatic imine (C=N–C) groups is 1. The number of fused-ring (bicyclic) bond motifs is 1. The second kappa shape index (κ2) is 9.35. The first-order valence-corrected chi connectivity index (χ1v) is 12.1. The van der Waals surface area contributed by atoms with Gasteiger partial charge in [-0.25, -0.2) is 18.4 Å². The van der Waals surface area contributed by atoms with Gasteiger partial charge in [0, 0.05) is 5.39 Å². The fourth-order valence-electron chi connectivity index (χ4n) is 3.87. The lowest BCUT2D eigenvalue weighted by Gasteiger charge is -2.22. The van der Waals surface area contributed by atoms with Crippen molar-refractivity contribution in [2.75, 3.05) is 4.72 Å². The number of carbonyl (C=O) groups is 1.